The van der Waals surface area contributed by atoms with Crippen LogP contribution in [0.4, 0.5) is 5.69 Å². The molecule has 1 aromatic carbocycles. The fourth-order valence-corrected chi connectivity index (χ4v) is 5.06. The molecule has 27 heavy (non-hydrogen) atoms. The summed E-state index contributed by atoms with van der Waals surface area (Å²) in [6.07, 6.45) is 8.81. The van der Waals surface area contributed by atoms with Crippen molar-refractivity contribution < 1.29 is 8.42 Å². The van der Waals surface area contributed by atoms with Gasteiger partial charge in [-0.3, -0.25) is 0 Å². The Hall–Kier alpha value is -1.07. The van der Waals surface area contributed by atoms with Crippen molar-refractivity contribution in [3.63, 3.8) is 0 Å². The zero-order valence-corrected chi connectivity index (χ0v) is 18.6. The Morgan fingerprint density at radius 1 is 0.852 bits per heavy atom. The van der Waals surface area contributed by atoms with E-state index in [4.69, 9.17) is 5.73 Å². The Morgan fingerprint density at radius 2 is 1.30 bits per heavy atom. The molecule has 0 aliphatic rings. The first kappa shape index (κ1) is 24.0. The fourth-order valence-electron chi connectivity index (χ4n) is 3.47. The van der Waals surface area contributed by atoms with E-state index >= 15 is 0 Å². The lowest BCUT2D eigenvalue weighted by Gasteiger charge is -2.30. The summed E-state index contributed by atoms with van der Waals surface area (Å²) in [6, 6.07) is 6.62. The van der Waals surface area contributed by atoms with E-state index in [9.17, 15) is 8.42 Å². The first-order valence-corrected chi connectivity index (χ1v) is 12.2. The maximum Gasteiger partial charge on any atom is 0.243 e. The number of hydrogen-bond acceptors (Lipinski definition) is 3. The van der Waals surface area contributed by atoms with Gasteiger partial charge < -0.3 is 5.73 Å². The van der Waals surface area contributed by atoms with Gasteiger partial charge in [0.15, 0.2) is 0 Å². The van der Waals surface area contributed by atoms with Crippen LogP contribution in [0.3, 0.4) is 0 Å². The molecule has 0 amide bonds. The molecular weight excluding hydrogens is 356 g/mol. The first-order chi connectivity index (χ1) is 12.9. The average Bonchev–Trinajstić information content (AvgIpc) is 2.67. The van der Waals surface area contributed by atoms with Crippen LogP contribution in [-0.4, -0.2) is 25.8 Å². The summed E-state index contributed by atoms with van der Waals surface area (Å²) >= 11 is 0. The molecule has 156 valence electrons. The Labute approximate surface area is 167 Å². The molecular formula is C22H40N2O2S. The summed E-state index contributed by atoms with van der Waals surface area (Å²) in [5.41, 5.74) is 6.34. The number of rotatable bonds is 14. The second-order valence-electron chi connectivity index (χ2n) is 7.72. The van der Waals surface area contributed by atoms with Crippen molar-refractivity contribution >= 4 is 15.7 Å². The van der Waals surface area contributed by atoms with Crippen LogP contribution < -0.4 is 5.73 Å². The molecule has 0 aromatic heterocycles. The highest BCUT2D eigenvalue weighted by molar-refractivity contribution is 7.89. The van der Waals surface area contributed by atoms with Crippen LogP contribution in [0.1, 0.15) is 79.1 Å². The molecule has 0 saturated carbocycles. The highest BCUT2D eigenvalue weighted by Gasteiger charge is 2.28. The van der Waals surface area contributed by atoms with Gasteiger partial charge in [-0.2, -0.15) is 4.31 Å². The van der Waals surface area contributed by atoms with Gasteiger partial charge in [0.05, 0.1) is 4.90 Å². The zero-order chi connectivity index (χ0) is 20.3. The highest BCUT2D eigenvalue weighted by Crippen LogP contribution is 2.25. The van der Waals surface area contributed by atoms with Crippen molar-refractivity contribution in [1.82, 2.24) is 4.31 Å². The number of benzene rings is 1. The first-order valence-electron chi connectivity index (χ1n) is 10.7. The van der Waals surface area contributed by atoms with Crippen molar-refractivity contribution in [2.75, 3.05) is 18.8 Å². The van der Waals surface area contributed by atoms with Gasteiger partial charge in [-0.15, -0.1) is 0 Å². The molecule has 2 N–H and O–H groups in total. The van der Waals surface area contributed by atoms with Crippen LogP contribution in [0.25, 0.3) is 0 Å². The summed E-state index contributed by atoms with van der Waals surface area (Å²) < 4.78 is 28.5. The van der Waals surface area contributed by atoms with Crippen molar-refractivity contribution in [3.05, 3.63) is 24.3 Å². The van der Waals surface area contributed by atoms with Gasteiger partial charge in [0, 0.05) is 18.8 Å². The van der Waals surface area contributed by atoms with Crippen molar-refractivity contribution in [2.24, 2.45) is 11.8 Å². The second kappa shape index (κ2) is 12.4. The lowest BCUT2D eigenvalue weighted by Crippen LogP contribution is -2.39. The summed E-state index contributed by atoms with van der Waals surface area (Å²) in [4.78, 5) is 0.354. The van der Waals surface area contributed by atoms with E-state index in [2.05, 4.69) is 27.7 Å². The summed E-state index contributed by atoms with van der Waals surface area (Å²) in [6.45, 7) is 9.95. The molecule has 0 saturated heterocycles. The van der Waals surface area contributed by atoms with Crippen molar-refractivity contribution in [1.29, 1.82) is 0 Å². The predicted octanol–water partition coefficient (Wildman–Crippen LogP) is 5.69. The van der Waals surface area contributed by atoms with Gasteiger partial charge in [-0.25, -0.2) is 8.42 Å². The number of nitrogens with zero attached hydrogens (tertiary/aromatic N) is 1. The van der Waals surface area contributed by atoms with E-state index in [1.54, 1.807) is 28.6 Å². The van der Waals surface area contributed by atoms with Crippen molar-refractivity contribution in [3.8, 4) is 0 Å². The van der Waals surface area contributed by atoms with Gasteiger partial charge >= 0.3 is 0 Å². The molecule has 0 spiro atoms. The molecule has 0 aliphatic heterocycles. The van der Waals surface area contributed by atoms with E-state index in [1.165, 1.54) is 0 Å². The normalized spacial score (nSPS) is 14.4. The molecule has 0 fully saturated rings. The van der Waals surface area contributed by atoms with E-state index in [0.717, 1.165) is 51.4 Å². The Kier molecular flexibility index (Phi) is 11.0. The van der Waals surface area contributed by atoms with Crippen LogP contribution in [0.15, 0.2) is 29.2 Å². The minimum Gasteiger partial charge on any atom is -0.399 e. The third-order valence-corrected chi connectivity index (χ3v) is 7.37. The van der Waals surface area contributed by atoms with Gasteiger partial charge in [-0.05, 0) is 48.9 Å². The molecule has 0 radical (unpaired) electrons. The SMILES string of the molecule is CCCCC(CC)CN(CC(CC)CCCC)S(=O)(=O)c1ccc(N)cc1. The van der Waals surface area contributed by atoms with Crippen LogP contribution in [0, 0.1) is 11.8 Å². The Bertz CT molecular complexity index is 596. The van der Waals surface area contributed by atoms with Gasteiger partial charge in [0.1, 0.15) is 0 Å². The fraction of sp³-hybridized carbons (Fsp3) is 0.727. The van der Waals surface area contributed by atoms with Crippen LogP contribution >= 0.6 is 0 Å². The molecule has 0 bridgehead atoms. The minimum absolute atomic E-state index is 0.354. The van der Waals surface area contributed by atoms with E-state index in [0.29, 0.717) is 35.5 Å². The highest BCUT2D eigenvalue weighted by atomic mass is 32.2. The van der Waals surface area contributed by atoms with Crippen LogP contribution in [0.5, 0.6) is 0 Å². The predicted molar refractivity (Wildman–Crippen MR) is 116 cm³/mol. The van der Waals surface area contributed by atoms with Crippen molar-refractivity contribution in [2.45, 2.75) is 84.0 Å². The minimum atomic E-state index is -3.50. The number of hydrogen-bond donors (Lipinski definition) is 1. The number of nitrogens with two attached hydrogens (primary N) is 1. The number of unbranched alkanes of at least 4 members (excludes halogenated alkanes) is 2. The third-order valence-electron chi connectivity index (χ3n) is 5.53. The summed E-state index contributed by atoms with van der Waals surface area (Å²) in [5.74, 6) is 0.828. The lowest BCUT2D eigenvalue weighted by molar-refractivity contribution is 0.270. The third kappa shape index (κ3) is 7.82. The maximum atomic E-state index is 13.4. The number of nitrogen functional groups attached to an aromatic ring is 1. The number of sulfonamides is 1. The molecule has 2 atom stereocenters. The second-order valence-corrected chi connectivity index (χ2v) is 9.66. The molecule has 0 aliphatic carbocycles. The van der Waals surface area contributed by atoms with Gasteiger partial charge in [-0.1, -0.05) is 66.2 Å². The summed E-state index contributed by atoms with van der Waals surface area (Å²) in [5, 5.41) is 0. The Morgan fingerprint density at radius 3 is 1.67 bits per heavy atom. The standard InChI is InChI=1S/C22H40N2O2S/c1-5-9-11-19(7-3)17-24(18-20(8-4)12-10-6-2)27(25,26)22-15-13-21(23)14-16-22/h13-16,19-20H,5-12,17-18,23H2,1-4H3. The smallest absolute Gasteiger partial charge is 0.243 e. The quantitative estimate of drug-likeness (QED) is 0.411. The lowest BCUT2D eigenvalue weighted by atomic mass is 9.97. The Balaban J connectivity index is 3.08. The molecule has 2 unspecified atom stereocenters. The van der Waals surface area contributed by atoms with Crippen LogP contribution in [0.2, 0.25) is 0 Å². The monoisotopic (exact) mass is 396 g/mol. The van der Waals surface area contributed by atoms with E-state index in [1.807, 2.05) is 0 Å². The maximum absolute atomic E-state index is 13.4. The molecule has 1 rings (SSSR count). The largest absolute Gasteiger partial charge is 0.399 e. The molecule has 1 aromatic rings. The van der Waals surface area contributed by atoms with Gasteiger partial charge in [0.25, 0.3) is 0 Å². The van der Waals surface area contributed by atoms with E-state index < -0.39 is 10.0 Å². The number of anilines is 1. The molecule has 0 heterocycles. The summed E-state index contributed by atoms with van der Waals surface area (Å²) in [7, 11) is -3.50. The topological polar surface area (TPSA) is 63.4 Å². The average molecular weight is 397 g/mol. The molecule has 4 nitrogen and oxygen atoms in total. The van der Waals surface area contributed by atoms with Gasteiger partial charge in [0.2, 0.25) is 10.0 Å². The van der Waals surface area contributed by atoms with Crippen LogP contribution in [-0.2, 0) is 10.0 Å². The van der Waals surface area contributed by atoms with E-state index in [-0.39, 0.29) is 0 Å². The zero-order valence-electron chi connectivity index (χ0n) is 17.8. The molecule has 5 heteroatoms.